The second-order valence-corrected chi connectivity index (χ2v) is 11.7. The Morgan fingerprint density at radius 2 is 1.60 bits per heavy atom. The van der Waals surface area contributed by atoms with Crippen molar-refractivity contribution in [3.63, 3.8) is 0 Å². The van der Waals surface area contributed by atoms with Crippen LogP contribution in [0, 0.1) is 5.41 Å². The maximum absolute atomic E-state index is 13.8. The van der Waals surface area contributed by atoms with Gasteiger partial charge in [0.1, 0.15) is 11.9 Å². The molecule has 43 heavy (non-hydrogen) atoms. The second kappa shape index (κ2) is 15.2. The molecule has 8 N–H and O–H groups in total. The molecule has 4 amide bonds. The minimum atomic E-state index is -4.25. The maximum atomic E-state index is 13.8. The van der Waals surface area contributed by atoms with Gasteiger partial charge in [-0.05, 0) is 36.2 Å². The van der Waals surface area contributed by atoms with Gasteiger partial charge in [-0.2, -0.15) is 4.72 Å². The molecule has 0 aromatic heterocycles. The molecule has 2 aromatic carbocycles. The molecule has 1 aliphatic rings. The molecule has 1 aliphatic heterocycles. The molecule has 14 nitrogen and oxygen atoms in total. The molecule has 0 aliphatic carbocycles. The molecular weight excluding hydrogens is 576 g/mol. The summed E-state index contributed by atoms with van der Waals surface area (Å²) >= 11 is 0. The fourth-order valence-corrected chi connectivity index (χ4v) is 5.77. The molecule has 1 saturated heterocycles. The fraction of sp³-hybridized carbons (Fsp3) is 0.393. The van der Waals surface area contributed by atoms with Crippen LogP contribution in [0.4, 0.5) is 5.69 Å². The molecule has 0 spiro atoms. The van der Waals surface area contributed by atoms with E-state index in [4.69, 9.17) is 16.9 Å². The lowest BCUT2D eigenvalue weighted by molar-refractivity contribution is -0.141. The zero-order chi connectivity index (χ0) is 31.6. The zero-order valence-electron chi connectivity index (χ0n) is 24.0. The first-order valence-corrected chi connectivity index (χ1v) is 15.2. The molecule has 1 fully saturated rings. The van der Waals surface area contributed by atoms with Crippen LogP contribution in [0.3, 0.4) is 0 Å². The van der Waals surface area contributed by atoms with Gasteiger partial charge in [0.05, 0.1) is 4.90 Å². The topological polar surface area (TPSA) is 221 Å². The van der Waals surface area contributed by atoms with E-state index >= 15 is 0 Å². The predicted octanol–water partition coefficient (Wildman–Crippen LogP) is -0.655. The Morgan fingerprint density at radius 3 is 2.26 bits per heavy atom. The van der Waals surface area contributed by atoms with E-state index in [1.807, 2.05) is 0 Å². The molecule has 3 rings (SSSR count). The van der Waals surface area contributed by atoms with Crippen LogP contribution in [0.1, 0.15) is 30.4 Å². The average Bonchev–Trinajstić information content (AvgIpc) is 2.99. The van der Waals surface area contributed by atoms with Gasteiger partial charge in [-0.25, -0.2) is 8.42 Å². The van der Waals surface area contributed by atoms with Crippen LogP contribution >= 0.6 is 0 Å². The van der Waals surface area contributed by atoms with Gasteiger partial charge >= 0.3 is 0 Å². The number of hydrogen-bond acceptors (Lipinski definition) is 8. The summed E-state index contributed by atoms with van der Waals surface area (Å²) in [6.07, 6.45) is 0.152. The number of nitrogens with zero attached hydrogens (tertiary/aromatic N) is 2. The van der Waals surface area contributed by atoms with Gasteiger partial charge in [-0.1, -0.05) is 24.3 Å². The van der Waals surface area contributed by atoms with E-state index < -0.39 is 22.0 Å². The molecule has 0 bridgehead atoms. The third kappa shape index (κ3) is 9.59. The van der Waals surface area contributed by atoms with Crippen LogP contribution in [-0.2, 0) is 35.6 Å². The number of nitrogen functional groups attached to an aromatic ring is 1. The smallest absolute Gasteiger partial charge is 0.241 e. The Morgan fingerprint density at radius 1 is 0.930 bits per heavy atom. The van der Waals surface area contributed by atoms with Crippen LogP contribution < -0.4 is 26.8 Å². The number of nitrogens with two attached hydrogens (primary N) is 2. The van der Waals surface area contributed by atoms with Crippen molar-refractivity contribution < 1.29 is 27.6 Å². The Hall–Kier alpha value is -4.34. The van der Waals surface area contributed by atoms with E-state index in [1.165, 1.54) is 30.1 Å². The van der Waals surface area contributed by atoms with Crippen molar-refractivity contribution in [2.45, 2.75) is 36.6 Å². The Labute approximate surface area is 250 Å². The van der Waals surface area contributed by atoms with Gasteiger partial charge in [0.25, 0.3) is 0 Å². The lowest BCUT2D eigenvalue weighted by Gasteiger charge is -2.36. The SMILES string of the molecule is CNC(=O)CCC(=O)N1CCN(C(=O)[C@H](Cc2cccc(C(=N)N)c2)NS(=O)(=O)c2cccc(NC(=O)CCN)c2)CC1. The monoisotopic (exact) mass is 614 g/mol. The number of carbonyl (C=O) groups excluding carboxylic acids is 4. The van der Waals surface area contributed by atoms with E-state index in [0.717, 1.165) is 0 Å². The van der Waals surface area contributed by atoms with Gasteiger partial charge in [0, 0.05) is 70.3 Å². The molecule has 0 unspecified atom stereocenters. The summed E-state index contributed by atoms with van der Waals surface area (Å²) in [5.41, 5.74) is 12.3. The fourth-order valence-electron chi connectivity index (χ4n) is 4.53. The molecule has 15 heteroatoms. The summed E-state index contributed by atoms with van der Waals surface area (Å²) < 4.78 is 29.5. The van der Waals surface area contributed by atoms with Crippen LogP contribution in [0.2, 0.25) is 0 Å². The molecule has 232 valence electrons. The van der Waals surface area contributed by atoms with E-state index in [2.05, 4.69) is 15.4 Å². The summed E-state index contributed by atoms with van der Waals surface area (Å²) in [5.74, 6) is -1.46. The number of hydrogen-bond donors (Lipinski definition) is 6. The first-order chi connectivity index (χ1) is 20.4. The summed E-state index contributed by atoms with van der Waals surface area (Å²) in [4.78, 5) is 52.7. The first-order valence-electron chi connectivity index (χ1n) is 13.8. The number of anilines is 1. The number of amides is 4. The highest BCUT2D eigenvalue weighted by Crippen LogP contribution is 2.18. The number of benzene rings is 2. The van der Waals surface area contributed by atoms with Crippen molar-refractivity contribution in [1.29, 1.82) is 5.41 Å². The molecule has 1 heterocycles. The van der Waals surface area contributed by atoms with Crippen LogP contribution in [0.25, 0.3) is 0 Å². The van der Waals surface area contributed by atoms with Crippen molar-refractivity contribution >= 4 is 45.2 Å². The third-order valence-corrected chi connectivity index (χ3v) is 8.33. The number of carbonyl (C=O) groups is 4. The highest BCUT2D eigenvalue weighted by molar-refractivity contribution is 7.89. The van der Waals surface area contributed by atoms with Gasteiger partial charge < -0.3 is 31.9 Å². The Kier molecular flexibility index (Phi) is 11.7. The predicted molar refractivity (Wildman–Crippen MR) is 160 cm³/mol. The van der Waals surface area contributed by atoms with Crippen molar-refractivity contribution in [2.75, 3.05) is 45.1 Å². The Bertz CT molecular complexity index is 1460. The molecule has 0 radical (unpaired) electrons. The molecule has 1 atom stereocenters. The lowest BCUT2D eigenvalue weighted by Crippen LogP contribution is -2.56. The summed E-state index contributed by atoms with van der Waals surface area (Å²) in [6, 6.07) is 11.1. The first kappa shape index (κ1) is 33.2. The van der Waals surface area contributed by atoms with Gasteiger partial charge in [-0.3, -0.25) is 24.6 Å². The maximum Gasteiger partial charge on any atom is 0.241 e. The zero-order valence-corrected chi connectivity index (χ0v) is 24.8. The van der Waals surface area contributed by atoms with Gasteiger partial charge in [0.2, 0.25) is 33.7 Å². The molecule has 2 aromatic rings. The largest absolute Gasteiger partial charge is 0.384 e. The number of amidine groups is 1. The number of nitrogens with one attached hydrogen (secondary N) is 4. The quantitative estimate of drug-likeness (QED) is 0.125. The lowest BCUT2D eigenvalue weighted by atomic mass is 10.0. The van der Waals surface area contributed by atoms with Gasteiger partial charge in [0.15, 0.2) is 0 Å². The van der Waals surface area contributed by atoms with Crippen molar-refractivity contribution in [1.82, 2.24) is 19.8 Å². The second-order valence-electron chi connectivity index (χ2n) is 9.99. The van der Waals surface area contributed by atoms with Crippen molar-refractivity contribution in [3.8, 4) is 0 Å². The molecular formula is C28H38N8O6S. The Balaban J connectivity index is 1.80. The molecule has 0 saturated carbocycles. The van der Waals surface area contributed by atoms with E-state index in [1.54, 1.807) is 35.2 Å². The standard InChI is InChI=1S/C28H38N8O6S/c1-32-24(37)8-9-26(39)35-12-14-36(15-13-35)28(40)23(17-19-4-2-5-20(16-19)27(30)31)34-43(41,42)22-7-3-6-21(18-22)33-25(38)10-11-29/h2-7,16,18,23,34H,8-15,17,29H2,1H3,(H3,30,31)(H,32,37)(H,33,38)/t23-/m0/s1. The van der Waals surface area contributed by atoms with Gasteiger partial charge in [-0.15, -0.1) is 0 Å². The number of piperazine rings is 1. The highest BCUT2D eigenvalue weighted by Gasteiger charge is 2.32. The van der Waals surface area contributed by atoms with E-state index in [0.29, 0.717) is 11.1 Å². The highest BCUT2D eigenvalue weighted by atomic mass is 32.2. The van der Waals surface area contributed by atoms with Crippen LogP contribution in [0.15, 0.2) is 53.4 Å². The van der Waals surface area contributed by atoms with Crippen LogP contribution in [0.5, 0.6) is 0 Å². The number of sulfonamides is 1. The number of rotatable bonds is 13. The van der Waals surface area contributed by atoms with Crippen molar-refractivity contribution in [3.05, 3.63) is 59.7 Å². The summed E-state index contributed by atoms with van der Waals surface area (Å²) in [7, 11) is -2.75. The summed E-state index contributed by atoms with van der Waals surface area (Å²) in [6.45, 7) is 0.973. The third-order valence-electron chi connectivity index (χ3n) is 6.86. The van der Waals surface area contributed by atoms with Crippen LogP contribution in [-0.4, -0.2) is 93.5 Å². The van der Waals surface area contributed by atoms with E-state index in [-0.39, 0.29) is 92.5 Å². The normalized spacial score (nSPS) is 14.1. The minimum absolute atomic E-state index is 0.0304. The minimum Gasteiger partial charge on any atom is -0.384 e. The van der Waals surface area contributed by atoms with Crippen molar-refractivity contribution in [2.24, 2.45) is 11.5 Å². The summed E-state index contributed by atoms with van der Waals surface area (Å²) in [5, 5.41) is 12.8. The van der Waals surface area contributed by atoms with E-state index in [9.17, 15) is 27.6 Å². The average molecular weight is 615 g/mol.